The predicted molar refractivity (Wildman–Crippen MR) is 60.0 cm³/mol. The van der Waals surface area contributed by atoms with E-state index >= 15 is 0 Å². The zero-order valence-corrected chi connectivity index (χ0v) is 8.80. The highest BCUT2D eigenvalue weighted by Crippen LogP contribution is 2.16. The number of hydrogen-bond acceptors (Lipinski definition) is 4. The van der Waals surface area contributed by atoms with Gasteiger partial charge in [0.15, 0.2) is 5.84 Å². The molecule has 2 rings (SSSR count). The second-order valence-corrected chi connectivity index (χ2v) is 3.45. The lowest BCUT2D eigenvalue weighted by Crippen LogP contribution is -2.33. The van der Waals surface area contributed by atoms with Crippen LogP contribution in [0.3, 0.4) is 0 Å². The summed E-state index contributed by atoms with van der Waals surface area (Å²) in [5.74, 6) is -0.364. The fourth-order valence-electron chi connectivity index (χ4n) is 1.43. The molecule has 0 saturated carbocycles. The minimum absolute atomic E-state index is 0.108. The summed E-state index contributed by atoms with van der Waals surface area (Å²) in [4.78, 5) is 22.3. The van der Waals surface area contributed by atoms with E-state index in [0.717, 1.165) is 5.69 Å². The molecule has 0 saturated heterocycles. The van der Waals surface area contributed by atoms with Crippen molar-refractivity contribution in [2.75, 3.05) is 11.6 Å². The number of amides is 1. The highest BCUT2D eigenvalue weighted by Gasteiger charge is 2.25. The molecule has 0 aromatic heterocycles. The van der Waals surface area contributed by atoms with Crippen LogP contribution in [0.2, 0.25) is 0 Å². The molecule has 1 aromatic rings. The summed E-state index contributed by atoms with van der Waals surface area (Å²) < 4.78 is 0. The van der Waals surface area contributed by atoms with Gasteiger partial charge in [0, 0.05) is 6.92 Å². The van der Waals surface area contributed by atoms with Crippen molar-refractivity contribution in [1.82, 2.24) is 5.32 Å². The lowest BCUT2D eigenvalue weighted by Gasteiger charge is -2.11. The molecular weight excluding hydrogens is 206 g/mol. The van der Waals surface area contributed by atoms with E-state index < -0.39 is 0 Å². The van der Waals surface area contributed by atoms with Gasteiger partial charge in [0.25, 0.3) is 0 Å². The van der Waals surface area contributed by atoms with Gasteiger partial charge in [-0.15, -0.1) is 0 Å². The van der Waals surface area contributed by atoms with Gasteiger partial charge in [0.2, 0.25) is 11.7 Å². The number of nitrogens with one attached hydrogen (secondary N) is 1. The number of amidine groups is 1. The van der Waals surface area contributed by atoms with Crippen LogP contribution in [-0.4, -0.2) is 24.1 Å². The Labute approximate surface area is 92.7 Å². The summed E-state index contributed by atoms with van der Waals surface area (Å²) in [6.07, 6.45) is 0. The number of para-hydroxylation sites is 1. The van der Waals surface area contributed by atoms with Crippen molar-refractivity contribution in [3.8, 4) is 0 Å². The second kappa shape index (κ2) is 4.14. The number of rotatable bonds is 1. The Morgan fingerprint density at radius 2 is 2.06 bits per heavy atom. The first-order valence-corrected chi connectivity index (χ1v) is 4.89. The molecule has 1 aliphatic rings. The number of hydrazone groups is 1. The van der Waals surface area contributed by atoms with Crippen LogP contribution in [0.1, 0.15) is 6.92 Å². The highest BCUT2D eigenvalue weighted by molar-refractivity contribution is 6.44. The van der Waals surface area contributed by atoms with E-state index in [1.807, 2.05) is 30.3 Å². The first-order chi connectivity index (χ1) is 7.66. The van der Waals surface area contributed by atoms with Gasteiger partial charge in [-0.2, -0.15) is 5.10 Å². The molecule has 0 radical (unpaired) electrons. The van der Waals surface area contributed by atoms with Crippen molar-refractivity contribution in [3.05, 3.63) is 30.3 Å². The molecule has 16 heavy (non-hydrogen) atoms. The maximum absolute atomic E-state index is 11.5. The first kappa shape index (κ1) is 10.4. The van der Waals surface area contributed by atoms with Crippen molar-refractivity contribution in [3.63, 3.8) is 0 Å². The molecule has 0 bridgehead atoms. The fraction of sp³-hybridized carbons (Fsp3) is 0.182. The molecule has 0 spiro atoms. The second-order valence-electron chi connectivity index (χ2n) is 3.45. The lowest BCUT2D eigenvalue weighted by molar-refractivity contribution is -0.118. The Balaban J connectivity index is 2.19. The van der Waals surface area contributed by atoms with Crippen LogP contribution in [0.15, 0.2) is 35.4 Å². The van der Waals surface area contributed by atoms with Crippen molar-refractivity contribution in [2.45, 2.75) is 6.92 Å². The van der Waals surface area contributed by atoms with Gasteiger partial charge < -0.3 is 5.32 Å². The summed E-state index contributed by atoms with van der Waals surface area (Å²) >= 11 is 0. The highest BCUT2D eigenvalue weighted by atomic mass is 16.2. The number of ketones is 1. The molecule has 1 N–H and O–H groups in total. The normalized spacial score (nSPS) is 14.9. The molecule has 82 valence electrons. The van der Waals surface area contributed by atoms with Crippen molar-refractivity contribution in [1.29, 1.82) is 0 Å². The van der Waals surface area contributed by atoms with Gasteiger partial charge in [-0.3, -0.25) is 14.6 Å². The van der Waals surface area contributed by atoms with E-state index in [0.29, 0.717) is 0 Å². The van der Waals surface area contributed by atoms with E-state index in [1.54, 1.807) is 5.01 Å². The average molecular weight is 217 g/mol. The van der Waals surface area contributed by atoms with Gasteiger partial charge >= 0.3 is 0 Å². The van der Waals surface area contributed by atoms with Crippen LogP contribution < -0.4 is 10.3 Å². The first-order valence-electron chi connectivity index (χ1n) is 4.89. The maximum atomic E-state index is 11.5. The monoisotopic (exact) mass is 217 g/mol. The van der Waals surface area contributed by atoms with Gasteiger partial charge in [-0.25, -0.2) is 0 Å². The average Bonchev–Trinajstić information content (AvgIpc) is 2.61. The quantitative estimate of drug-likeness (QED) is 0.746. The minimum atomic E-state index is -0.290. The molecule has 0 atom stereocenters. The van der Waals surface area contributed by atoms with Crippen LogP contribution in [0.4, 0.5) is 5.69 Å². The van der Waals surface area contributed by atoms with Gasteiger partial charge in [-0.05, 0) is 12.1 Å². The maximum Gasteiger partial charge on any atom is 0.222 e. The number of carbonyl (C=O) groups is 2. The van der Waals surface area contributed by atoms with E-state index in [9.17, 15) is 9.59 Å². The number of nitrogens with zero attached hydrogens (tertiary/aromatic N) is 2. The fourth-order valence-corrected chi connectivity index (χ4v) is 1.43. The largest absolute Gasteiger partial charge is 0.306 e. The number of benzene rings is 1. The zero-order chi connectivity index (χ0) is 11.5. The molecular formula is C11H11N3O2. The molecule has 0 aliphatic carbocycles. The van der Waals surface area contributed by atoms with Crippen LogP contribution in [0, 0.1) is 0 Å². The Bertz CT molecular complexity index is 454. The number of carbonyl (C=O) groups excluding carboxylic acids is 2. The topological polar surface area (TPSA) is 61.8 Å². The van der Waals surface area contributed by atoms with Crippen LogP contribution in [0.25, 0.3) is 0 Å². The summed E-state index contributed by atoms with van der Waals surface area (Å²) in [5.41, 5.74) is 0.830. The van der Waals surface area contributed by atoms with Gasteiger partial charge in [-0.1, -0.05) is 18.2 Å². The number of hydrogen-bond donors (Lipinski definition) is 1. The Morgan fingerprint density at radius 3 is 2.69 bits per heavy atom. The lowest BCUT2D eigenvalue weighted by atomic mass is 10.3. The van der Waals surface area contributed by atoms with E-state index in [2.05, 4.69) is 10.4 Å². The van der Waals surface area contributed by atoms with E-state index in [1.165, 1.54) is 6.92 Å². The summed E-state index contributed by atoms with van der Waals surface area (Å²) in [6, 6.07) is 9.33. The van der Waals surface area contributed by atoms with Crippen molar-refractivity contribution < 1.29 is 9.59 Å². The van der Waals surface area contributed by atoms with Gasteiger partial charge in [0.05, 0.1) is 5.69 Å². The zero-order valence-electron chi connectivity index (χ0n) is 8.80. The molecule has 1 aliphatic heterocycles. The molecule has 0 unspecified atom stereocenters. The predicted octanol–water partition coefficient (Wildman–Crippen LogP) is 0.525. The third-order valence-electron chi connectivity index (χ3n) is 2.13. The Hall–Kier alpha value is -2.17. The van der Waals surface area contributed by atoms with Gasteiger partial charge in [0.1, 0.15) is 6.54 Å². The molecule has 1 aromatic carbocycles. The summed E-state index contributed by atoms with van der Waals surface area (Å²) in [6.45, 7) is 1.51. The summed E-state index contributed by atoms with van der Waals surface area (Å²) in [7, 11) is 0. The number of Topliss-reactive ketones (excluding diaryl/α,β-unsaturated/α-hetero) is 1. The minimum Gasteiger partial charge on any atom is -0.306 e. The third-order valence-corrected chi connectivity index (χ3v) is 2.13. The number of anilines is 1. The molecule has 5 heteroatoms. The Kier molecular flexibility index (Phi) is 2.68. The van der Waals surface area contributed by atoms with Crippen LogP contribution >= 0.6 is 0 Å². The third kappa shape index (κ3) is 2.08. The smallest absolute Gasteiger partial charge is 0.222 e. The van der Waals surface area contributed by atoms with Crippen LogP contribution in [-0.2, 0) is 9.59 Å². The van der Waals surface area contributed by atoms with Crippen LogP contribution in [0.5, 0.6) is 0 Å². The SMILES string of the molecule is CC(=O)NC1=NN(c2ccccc2)CC1=O. The van der Waals surface area contributed by atoms with E-state index in [4.69, 9.17) is 0 Å². The van der Waals surface area contributed by atoms with Crippen molar-refractivity contribution >= 4 is 23.2 Å². The standard InChI is InChI=1S/C11H11N3O2/c1-8(15)12-11-10(16)7-14(13-11)9-5-3-2-4-6-9/h2-6H,7H2,1H3,(H,12,13,15). The summed E-state index contributed by atoms with van der Waals surface area (Å²) in [5, 5.41) is 8.02. The Morgan fingerprint density at radius 1 is 1.38 bits per heavy atom. The molecule has 1 amide bonds. The van der Waals surface area contributed by atoms with E-state index in [-0.39, 0.29) is 24.1 Å². The van der Waals surface area contributed by atoms with Crippen molar-refractivity contribution in [2.24, 2.45) is 5.10 Å². The molecule has 5 nitrogen and oxygen atoms in total. The molecule has 1 heterocycles. The molecule has 0 fully saturated rings.